The number of nitrogens with one attached hydrogen (secondary N) is 2. The number of carbonyl (C=O) groups is 1. The molecule has 0 fully saturated rings. The quantitative estimate of drug-likeness (QED) is 0.775. The number of hydrogen-bond acceptors (Lipinski definition) is 5. The Morgan fingerprint density at radius 1 is 1.32 bits per heavy atom. The van der Waals surface area contributed by atoms with E-state index < -0.39 is 0 Å². The molecule has 0 aromatic carbocycles. The van der Waals surface area contributed by atoms with Gasteiger partial charge in [-0.05, 0) is 44.6 Å². The Hall–Kier alpha value is -3.06. The molecular formula is C20H19ClN6O. The summed E-state index contributed by atoms with van der Waals surface area (Å²) < 4.78 is 0. The lowest BCUT2D eigenvalue weighted by Crippen LogP contribution is -2.27. The summed E-state index contributed by atoms with van der Waals surface area (Å²) in [6.07, 6.45) is 8.97. The minimum atomic E-state index is -0.319. The molecule has 4 rings (SSSR count). The fraction of sp³-hybridized carbons (Fsp3) is 0.250. The first kappa shape index (κ1) is 18.3. The van der Waals surface area contributed by atoms with Gasteiger partial charge in [0.2, 0.25) is 5.95 Å². The fourth-order valence-electron chi connectivity index (χ4n) is 3.30. The van der Waals surface area contributed by atoms with Crippen LogP contribution in [0.4, 0.5) is 5.95 Å². The lowest BCUT2D eigenvalue weighted by atomic mass is 9.95. The molecule has 0 saturated carbocycles. The number of aromatic nitrogens is 4. The molecular weight excluding hydrogens is 376 g/mol. The number of dihydropyridines is 1. The molecule has 2 aliphatic rings. The van der Waals surface area contributed by atoms with Gasteiger partial charge < -0.3 is 5.32 Å². The number of amides is 1. The molecule has 8 heteroatoms. The number of hydrogen-bond donors (Lipinski definition) is 2. The van der Waals surface area contributed by atoms with Crippen LogP contribution in [-0.2, 0) is 4.79 Å². The van der Waals surface area contributed by atoms with Crippen LogP contribution in [0.15, 0.2) is 52.7 Å². The van der Waals surface area contributed by atoms with Crippen molar-refractivity contribution in [2.75, 3.05) is 5.32 Å². The molecule has 1 aliphatic carbocycles. The van der Waals surface area contributed by atoms with Crippen LogP contribution in [0.3, 0.4) is 0 Å². The Morgan fingerprint density at radius 2 is 2.14 bits per heavy atom. The molecule has 0 saturated heterocycles. The van der Waals surface area contributed by atoms with Crippen molar-refractivity contribution in [3.05, 3.63) is 59.1 Å². The highest BCUT2D eigenvalue weighted by Gasteiger charge is 2.25. The van der Waals surface area contributed by atoms with Crippen LogP contribution >= 0.6 is 11.6 Å². The molecule has 1 unspecified atom stereocenters. The minimum absolute atomic E-state index is 0.204. The van der Waals surface area contributed by atoms with Crippen molar-refractivity contribution >= 4 is 29.2 Å². The Balaban J connectivity index is 1.59. The van der Waals surface area contributed by atoms with Crippen LogP contribution in [0, 0.1) is 13.8 Å². The molecule has 0 bridgehead atoms. The summed E-state index contributed by atoms with van der Waals surface area (Å²) in [6.45, 7) is 5.75. The van der Waals surface area contributed by atoms with Gasteiger partial charge in [0.25, 0.3) is 5.91 Å². The van der Waals surface area contributed by atoms with E-state index in [0.717, 1.165) is 28.2 Å². The SMILES string of the molecule is Cc1n[nH]c(C)c1-c1ccnc(N[C@@H](C)C2=CC3=CC(Cl)C=CC3=NC2=O)n1. The standard InChI is InChI=1S/C20H19ClN6O/c1-10(15-9-13-8-14(21)4-5-16(13)24-19(15)28)23-20-22-7-6-17(25-20)18-11(2)26-27-12(18)3/h4-10,14H,1-3H3,(H,26,27)(H,22,23,25)/t10-,14?/m0/s1. The van der Waals surface area contributed by atoms with Crippen molar-refractivity contribution in [1.29, 1.82) is 0 Å². The summed E-state index contributed by atoms with van der Waals surface area (Å²) in [4.78, 5) is 25.5. The van der Waals surface area contributed by atoms with Crippen LogP contribution < -0.4 is 5.32 Å². The van der Waals surface area contributed by atoms with Crippen LogP contribution in [0.2, 0.25) is 0 Å². The number of allylic oxidation sites excluding steroid dienone is 5. The normalized spacial score (nSPS) is 19.5. The van der Waals surface area contributed by atoms with Crippen LogP contribution in [0.5, 0.6) is 0 Å². The zero-order chi connectivity index (χ0) is 19.8. The van der Waals surface area contributed by atoms with Gasteiger partial charge >= 0.3 is 0 Å². The van der Waals surface area contributed by atoms with Gasteiger partial charge in [0.1, 0.15) is 0 Å². The van der Waals surface area contributed by atoms with Gasteiger partial charge in [0.15, 0.2) is 0 Å². The minimum Gasteiger partial charge on any atom is -0.347 e. The van der Waals surface area contributed by atoms with E-state index in [-0.39, 0.29) is 17.3 Å². The number of nitrogens with zero attached hydrogens (tertiary/aromatic N) is 4. The molecule has 2 atom stereocenters. The monoisotopic (exact) mass is 394 g/mol. The van der Waals surface area contributed by atoms with Gasteiger partial charge in [0, 0.05) is 23.0 Å². The Kier molecular flexibility index (Phi) is 4.68. The van der Waals surface area contributed by atoms with Gasteiger partial charge in [-0.15, -0.1) is 11.6 Å². The predicted molar refractivity (Wildman–Crippen MR) is 110 cm³/mol. The highest BCUT2D eigenvalue weighted by Crippen LogP contribution is 2.26. The van der Waals surface area contributed by atoms with E-state index in [1.807, 2.05) is 39.0 Å². The van der Waals surface area contributed by atoms with E-state index in [1.54, 1.807) is 18.3 Å². The zero-order valence-electron chi connectivity index (χ0n) is 15.7. The molecule has 28 heavy (non-hydrogen) atoms. The number of rotatable bonds is 4. The van der Waals surface area contributed by atoms with Gasteiger partial charge in [0.05, 0.1) is 28.5 Å². The maximum absolute atomic E-state index is 12.5. The topological polar surface area (TPSA) is 95.9 Å². The van der Waals surface area contributed by atoms with Crippen molar-refractivity contribution in [3.8, 4) is 11.3 Å². The number of fused-ring (bicyclic) bond motifs is 1. The molecule has 7 nitrogen and oxygen atoms in total. The number of anilines is 1. The summed E-state index contributed by atoms with van der Waals surface area (Å²) in [5.74, 6) is 0.156. The highest BCUT2D eigenvalue weighted by atomic mass is 35.5. The first-order valence-corrected chi connectivity index (χ1v) is 9.36. The molecule has 3 heterocycles. The molecule has 2 aromatic rings. The third-order valence-corrected chi connectivity index (χ3v) is 4.98. The Labute approximate surface area is 167 Å². The average Bonchev–Trinajstić information content (AvgIpc) is 3.00. The third kappa shape index (κ3) is 3.41. The molecule has 142 valence electrons. The molecule has 2 aromatic heterocycles. The number of aryl methyl sites for hydroxylation is 2. The second-order valence-corrected chi connectivity index (χ2v) is 7.27. The van der Waals surface area contributed by atoms with E-state index in [1.165, 1.54) is 0 Å². The molecule has 2 N–H and O–H groups in total. The maximum Gasteiger partial charge on any atom is 0.275 e. The number of halogens is 1. The van der Waals surface area contributed by atoms with E-state index in [2.05, 4.69) is 30.5 Å². The van der Waals surface area contributed by atoms with Gasteiger partial charge in [-0.3, -0.25) is 9.89 Å². The second-order valence-electron chi connectivity index (χ2n) is 6.77. The second kappa shape index (κ2) is 7.16. The van der Waals surface area contributed by atoms with Crippen molar-refractivity contribution in [1.82, 2.24) is 20.2 Å². The summed E-state index contributed by atoms with van der Waals surface area (Å²) in [6, 6.07) is 1.52. The molecule has 1 amide bonds. The van der Waals surface area contributed by atoms with Crippen molar-refractivity contribution < 1.29 is 4.79 Å². The lowest BCUT2D eigenvalue weighted by Gasteiger charge is -2.21. The van der Waals surface area contributed by atoms with Gasteiger partial charge in [-0.25, -0.2) is 15.0 Å². The number of carbonyl (C=O) groups excluding carboxylic acids is 1. The van der Waals surface area contributed by atoms with Gasteiger partial charge in [-0.1, -0.05) is 12.2 Å². The zero-order valence-corrected chi connectivity index (χ0v) is 16.4. The Morgan fingerprint density at radius 3 is 2.89 bits per heavy atom. The molecule has 1 aliphatic heterocycles. The first-order chi connectivity index (χ1) is 13.4. The lowest BCUT2D eigenvalue weighted by molar-refractivity contribution is -0.114. The summed E-state index contributed by atoms with van der Waals surface area (Å²) >= 11 is 6.15. The van der Waals surface area contributed by atoms with Crippen LogP contribution in [0.25, 0.3) is 11.3 Å². The van der Waals surface area contributed by atoms with E-state index in [4.69, 9.17) is 11.6 Å². The maximum atomic E-state index is 12.5. The largest absolute Gasteiger partial charge is 0.347 e. The summed E-state index contributed by atoms with van der Waals surface area (Å²) in [7, 11) is 0. The highest BCUT2D eigenvalue weighted by molar-refractivity contribution is 6.27. The summed E-state index contributed by atoms with van der Waals surface area (Å²) in [5, 5.41) is 10.2. The Bertz CT molecular complexity index is 1060. The average molecular weight is 395 g/mol. The predicted octanol–water partition coefficient (Wildman–Crippen LogP) is 3.30. The number of aliphatic imine (C=N–C) groups is 1. The number of H-pyrrole nitrogens is 1. The van der Waals surface area contributed by atoms with E-state index >= 15 is 0 Å². The number of alkyl halides is 1. The van der Waals surface area contributed by atoms with Gasteiger partial charge in [-0.2, -0.15) is 5.10 Å². The van der Waals surface area contributed by atoms with Crippen molar-refractivity contribution in [3.63, 3.8) is 0 Å². The molecule has 0 radical (unpaired) electrons. The van der Waals surface area contributed by atoms with Crippen LogP contribution in [0.1, 0.15) is 18.3 Å². The van der Waals surface area contributed by atoms with E-state index in [9.17, 15) is 4.79 Å². The van der Waals surface area contributed by atoms with Crippen molar-refractivity contribution in [2.24, 2.45) is 4.99 Å². The molecule has 0 spiro atoms. The third-order valence-electron chi connectivity index (χ3n) is 4.70. The smallest absolute Gasteiger partial charge is 0.275 e. The van der Waals surface area contributed by atoms with E-state index in [0.29, 0.717) is 17.2 Å². The first-order valence-electron chi connectivity index (χ1n) is 8.93. The fourth-order valence-corrected chi connectivity index (χ4v) is 3.50. The van der Waals surface area contributed by atoms with Crippen molar-refractivity contribution in [2.45, 2.75) is 32.2 Å². The van der Waals surface area contributed by atoms with Crippen LogP contribution in [-0.4, -0.2) is 43.2 Å². The summed E-state index contributed by atoms with van der Waals surface area (Å²) in [5.41, 5.74) is 5.56. The number of aromatic amines is 1.